The van der Waals surface area contributed by atoms with Crippen molar-refractivity contribution in [1.82, 2.24) is 0 Å². The second kappa shape index (κ2) is 6.66. The summed E-state index contributed by atoms with van der Waals surface area (Å²) in [4.78, 5) is 11.1. The Morgan fingerprint density at radius 3 is 2.46 bits per heavy atom. The Labute approximate surface area is 79.4 Å². The van der Waals surface area contributed by atoms with E-state index < -0.39 is 0 Å². The van der Waals surface area contributed by atoms with Crippen molar-refractivity contribution >= 4 is 5.97 Å². The van der Waals surface area contributed by atoms with Gasteiger partial charge in [-0.1, -0.05) is 26.0 Å². The molecular weight excluding hydrogens is 168 g/mol. The fourth-order valence-corrected chi connectivity index (χ4v) is 0.745. The Kier molecular flexibility index (Phi) is 6.24. The summed E-state index contributed by atoms with van der Waals surface area (Å²) in [7, 11) is 0. The van der Waals surface area contributed by atoms with Gasteiger partial charge >= 0.3 is 5.97 Å². The summed E-state index contributed by atoms with van der Waals surface area (Å²) < 4.78 is 4.75. The van der Waals surface area contributed by atoms with Gasteiger partial charge in [-0.3, -0.25) is 4.79 Å². The molecule has 3 nitrogen and oxygen atoms in total. The number of hydrogen-bond donors (Lipinski definition) is 1. The van der Waals surface area contributed by atoms with E-state index in [1.807, 2.05) is 26.0 Å². The molecule has 1 N–H and O–H groups in total. The van der Waals surface area contributed by atoms with E-state index in [4.69, 9.17) is 9.84 Å². The highest BCUT2D eigenvalue weighted by molar-refractivity contribution is 5.73. The Morgan fingerprint density at radius 2 is 2.00 bits per heavy atom. The van der Waals surface area contributed by atoms with Gasteiger partial charge in [0.25, 0.3) is 0 Å². The van der Waals surface area contributed by atoms with Gasteiger partial charge in [0, 0.05) is 0 Å². The van der Waals surface area contributed by atoms with E-state index in [1.54, 1.807) is 6.92 Å². The molecule has 0 saturated carbocycles. The number of carbonyl (C=O) groups excluding carboxylic acids is 1. The molecule has 0 radical (unpaired) electrons. The number of ether oxygens (including phenoxy) is 1. The molecule has 3 heteroatoms. The van der Waals surface area contributed by atoms with Gasteiger partial charge in [0.1, 0.15) is 6.61 Å². The summed E-state index contributed by atoms with van der Waals surface area (Å²) >= 11 is 0. The van der Waals surface area contributed by atoms with E-state index in [0.717, 1.165) is 0 Å². The van der Waals surface area contributed by atoms with Crippen LogP contribution in [0.25, 0.3) is 0 Å². The van der Waals surface area contributed by atoms with Crippen LogP contribution in [0.4, 0.5) is 0 Å². The monoisotopic (exact) mass is 186 g/mol. The van der Waals surface area contributed by atoms with Crippen molar-refractivity contribution in [1.29, 1.82) is 0 Å². The highest BCUT2D eigenvalue weighted by Gasteiger charge is 2.09. The maximum Gasteiger partial charge on any atom is 0.312 e. The molecule has 0 spiro atoms. The first-order chi connectivity index (χ1) is 6.07. The lowest BCUT2D eigenvalue weighted by molar-refractivity contribution is -0.147. The molecule has 0 saturated heterocycles. The normalized spacial score (nSPS) is 13.6. The zero-order valence-electron chi connectivity index (χ0n) is 8.49. The summed E-state index contributed by atoms with van der Waals surface area (Å²) in [6.07, 6.45) is 3.79. The second-order valence-electron chi connectivity index (χ2n) is 3.31. The van der Waals surface area contributed by atoms with Crippen LogP contribution in [0, 0.1) is 11.8 Å². The largest absolute Gasteiger partial charge is 0.463 e. The smallest absolute Gasteiger partial charge is 0.312 e. The second-order valence-corrected chi connectivity index (χ2v) is 3.31. The van der Waals surface area contributed by atoms with Gasteiger partial charge in [0.15, 0.2) is 0 Å². The summed E-state index contributed by atoms with van der Waals surface area (Å²) in [5.74, 6) is -0.0759. The number of hydrogen-bond acceptors (Lipinski definition) is 3. The zero-order valence-corrected chi connectivity index (χ0v) is 8.49. The molecule has 0 fully saturated rings. The summed E-state index contributed by atoms with van der Waals surface area (Å²) in [6.45, 7) is 5.83. The third-order valence-corrected chi connectivity index (χ3v) is 1.49. The lowest BCUT2D eigenvalue weighted by Crippen LogP contribution is -2.15. The number of aliphatic hydroxyl groups excluding tert-OH is 1. The van der Waals surface area contributed by atoms with Crippen LogP contribution < -0.4 is 0 Å². The highest BCUT2D eigenvalue weighted by Crippen LogP contribution is 2.03. The minimum atomic E-state index is -0.286. The molecule has 0 aliphatic carbocycles. The number of allylic oxidation sites excluding steroid dienone is 1. The van der Waals surface area contributed by atoms with Gasteiger partial charge in [-0.15, -0.1) is 0 Å². The van der Waals surface area contributed by atoms with Crippen LogP contribution in [0.15, 0.2) is 12.2 Å². The van der Waals surface area contributed by atoms with Gasteiger partial charge < -0.3 is 9.84 Å². The minimum Gasteiger partial charge on any atom is -0.463 e. The molecule has 0 bridgehead atoms. The third-order valence-electron chi connectivity index (χ3n) is 1.49. The van der Waals surface area contributed by atoms with E-state index >= 15 is 0 Å². The topological polar surface area (TPSA) is 46.5 Å². The van der Waals surface area contributed by atoms with E-state index in [0.29, 0.717) is 5.92 Å². The van der Waals surface area contributed by atoms with Crippen molar-refractivity contribution < 1.29 is 14.6 Å². The summed E-state index contributed by atoms with van der Waals surface area (Å²) in [6, 6.07) is 0. The molecule has 0 rings (SSSR count). The molecule has 0 aromatic heterocycles. The Bertz CT molecular complexity index is 173. The zero-order chi connectivity index (χ0) is 10.3. The fraction of sp³-hybridized carbons (Fsp3) is 0.700. The van der Waals surface area contributed by atoms with Crippen molar-refractivity contribution in [2.24, 2.45) is 11.8 Å². The van der Waals surface area contributed by atoms with Crippen LogP contribution >= 0.6 is 0 Å². The van der Waals surface area contributed by atoms with Gasteiger partial charge in [-0.25, -0.2) is 0 Å². The Morgan fingerprint density at radius 1 is 1.38 bits per heavy atom. The van der Waals surface area contributed by atoms with E-state index in [-0.39, 0.29) is 25.1 Å². The molecule has 0 amide bonds. The van der Waals surface area contributed by atoms with Crippen LogP contribution in [0.2, 0.25) is 0 Å². The van der Waals surface area contributed by atoms with Crippen LogP contribution in [0.5, 0.6) is 0 Å². The van der Waals surface area contributed by atoms with Gasteiger partial charge in [-0.2, -0.15) is 0 Å². The van der Waals surface area contributed by atoms with E-state index in [9.17, 15) is 4.79 Å². The number of rotatable bonds is 5. The molecule has 13 heavy (non-hydrogen) atoms. The SMILES string of the molecule is CC(C)/C=C\C(C)C(=O)OCCO. The minimum absolute atomic E-state index is 0.0820. The van der Waals surface area contributed by atoms with Gasteiger partial charge in [-0.05, 0) is 12.8 Å². The summed E-state index contributed by atoms with van der Waals surface area (Å²) in [5.41, 5.74) is 0. The average molecular weight is 186 g/mol. The number of aliphatic hydroxyl groups is 1. The summed E-state index contributed by atoms with van der Waals surface area (Å²) in [5, 5.41) is 8.42. The van der Waals surface area contributed by atoms with E-state index in [2.05, 4.69) is 0 Å². The lowest BCUT2D eigenvalue weighted by Gasteiger charge is -2.06. The van der Waals surface area contributed by atoms with Crippen LogP contribution in [-0.2, 0) is 9.53 Å². The molecule has 1 atom stereocenters. The first-order valence-corrected chi connectivity index (χ1v) is 4.53. The molecule has 0 heterocycles. The number of carbonyl (C=O) groups is 1. The first kappa shape index (κ1) is 12.2. The van der Waals surface area contributed by atoms with Crippen molar-refractivity contribution in [3.05, 3.63) is 12.2 Å². The van der Waals surface area contributed by atoms with Crippen LogP contribution in [-0.4, -0.2) is 24.3 Å². The Hall–Kier alpha value is -0.830. The first-order valence-electron chi connectivity index (χ1n) is 4.53. The van der Waals surface area contributed by atoms with E-state index in [1.165, 1.54) is 0 Å². The molecule has 76 valence electrons. The maximum absolute atomic E-state index is 11.1. The van der Waals surface area contributed by atoms with Crippen LogP contribution in [0.3, 0.4) is 0 Å². The van der Waals surface area contributed by atoms with Crippen molar-refractivity contribution in [3.63, 3.8) is 0 Å². The van der Waals surface area contributed by atoms with Gasteiger partial charge in [0.2, 0.25) is 0 Å². The third kappa shape index (κ3) is 6.34. The predicted molar refractivity (Wildman–Crippen MR) is 51.2 cm³/mol. The number of esters is 1. The highest BCUT2D eigenvalue weighted by atomic mass is 16.5. The lowest BCUT2D eigenvalue weighted by atomic mass is 10.1. The van der Waals surface area contributed by atoms with Crippen molar-refractivity contribution in [3.8, 4) is 0 Å². The maximum atomic E-state index is 11.1. The fourth-order valence-electron chi connectivity index (χ4n) is 0.745. The average Bonchev–Trinajstić information content (AvgIpc) is 2.10. The van der Waals surface area contributed by atoms with Crippen molar-refractivity contribution in [2.75, 3.05) is 13.2 Å². The van der Waals surface area contributed by atoms with Gasteiger partial charge in [0.05, 0.1) is 12.5 Å². The van der Waals surface area contributed by atoms with Crippen molar-refractivity contribution in [2.45, 2.75) is 20.8 Å². The quantitative estimate of drug-likeness (QED) is 0.521. The molecule has 1 unspecified atom stereocenters. The predicted octanol–water partition coefficient (Wildman–Crippen LogP) is 1.37. The molecule has 0 aliphatic heterocycles. The molecule has 0 aromatic carbocycles. The molecule has 0 aliphatic rings. The molecular formula is C10H18O3. The van der Waals surface area contributed by atoms with Crippen LogP contribution in [0.1, 0.15) is 20.8 Å². The standard InChI is InChI=1S/C10H18O3/c1-8(2)4-5-9(3)10(12)13-7-6-11/h4-5,8-9,11H,6-7H2,1-3H3/b5-4-. The Balaban J connectivity index is 3.82. The molecule has 0 aromatic rings.